The number of amides is 1. The standard InChI is InChI=1S/C18H27N3O/c19-17-9-5-4-6-15(17)14-18(22)21-12-10-20(11-13-21)16-7-2-1-3-8-16/h1-3,7-8,15,17H,4-6,9-14,19H2. The van der Waals surface area contributed by atoms with Crippen LogP contribution in [0.4, 0.5) is 5.69 Å². The first-order valence-corrected chi connectivity index (χ1v) is 8.57. The quantitative estimate of drug-likeness (QED) is 0.931. The van der Waals surface area contributed by atoms with E-state index in [2.05, 4.69) is 29.2 Å². The van der Waals surface area contributed by atoms with Crippen molar-refractivity contribution in [3.8, 4) is 0 Å². The van der Waals surface area contributed by atoms with E-state index in [-0.39, 0.29) is 6.04 Å². The summed E-state index contributed by atoms with van der Waals surface area (Å²) in [7, 11) is 0. The summed E-state index contributed by atoms with van der Waals surface area (Å²) in [6.45, 7) is 3.50. The third-order valence-corrected chi connectivity index (χ3v) is 5.16. The topological polar surface area (TPSA) is 49.6 Å². The van der Waals surface area contributed by atoms with Gasteiger partial charge in [-0.05, 0) is 30.9 Å². The first-order chi connectivity index (χ1) is 10.7. The summed E-state index contributed by atoms with van der Waals surface area (Å²) < 4.78 is 0. The fourth-order valence-electron chi connectivity index (χ4n) is 3.70. The normalized spacial score (nSPS) is 26.0. The van der Waals surface area contributed by atoms with E-state index in [1.54, 1.807) is 0 Å². The van der Waals surface area contributed by atoms with Gasteiger partial charge in [-0.2, -0.15) is 0 Å². The van der Waals surface area contributed by atoms with Crippen LogP contribution in [0, 0.1) is 5.92 Å². The highest BCUT2D eigenvalue weighted by Gasteiger charge is 2.28. The molecular weight excluding hydrogens is 274 g/mol. The van der Waals surface area contributed by atoms with Crippen LogP contribution < -0.4 is 10.6 Å². The number of hydrogen-bond acceptors (Lipinski definition) is 3. The Morgan fingerprint density at radius 2 is 1.73 bits per heavy atom. The summed E-state index contributed by atoms with van der Waals surface area (Å²) >= 11 is 0. The maximum absolute atomic E-state index is 12.5. The molecule has 4 heteroatoms. The molecule has 1 saturated carbocycles. The van der Waals surface area contributed by atoms with Crippen molar-refractivity contribution in [3.63, 3.8) is 0 Å². The summed E-state index contributed by atoms with van der Waals surface area (Å²) in [5.74, 6) is 0.698. The summed E-state index contributed by atoms with van der Waals surface area (Å²) in [6, 6.07) is 10.7. The molecule has 1 aliphatic heterocycles. The van der Waals surface area contributed by atoms with E-state index in [0.717, 1.165) is 39.0 Å². The zero-order valence-electron chi connectivity index (χ0n) is 13.3. The van der Waals surface area contributed by atoms with Gasteiger partial charge < -0.3 is 15.5 Å². The van der Waals surface area contributed by atoms with Gasteiger partial charge in [-0.25, -0.2) is 0 Å². The Bertz CT molecular complexity index is 482. The third kappa shape index (κ3) is 3.61. The van der Waals surface area contributed by atoms with Crippen LogP contribution in [-0.4, -0.2) is 43.0 Å². The van der Waals surface area contributed by atoms with E-state index < -0.39 is 0 Å². The van der Waals surface area contributed by atoms with Gasteiger partial charge in [-0.3, -0.25) is 4.79 Å². The van der Waals surface area contributed by atoms with E-state index in [0.29, 0.717) is 18.2 Å². The number of rotatable bonds is 3. The molecule has 0 aromatic heterocycles. The highest BCUT2D eigenvalue weighted by molar-refractivity contribution is 5.77. The third-order valence-electron chi connectivity index (χ3n) is 5.16. The second-order valence-electron chi connectivity index (χ2n) is 6.62. The smallest absolute Gasteiger partial charge is 0.223 e. The minimum Gasteiger partial charge on any atom is -0.368 e. The van der Waals surface area contributed by atoms with Crippen LogP contribution in [0.3, 0.4) is 0 Å². The van der Waals surface area contributed by atoms with Gasteiger partial charge in [0.1, 0.15) is 0 Å². The molecule has 2 atom stereocenters. The second-order valence-corrected chi connectivity index (χ2v) is 6.62. The average molecular weight is 301 g/mol. The lowest BCUT2D eigenvalue weighted by molar-refractivity contribution is -0.132. The van der Waals surface area contributed by atoms with Crippen LogP contribution >= 0.6 is 0 Å². The van der Waals surface area contributed by atoms with Crippen molar-refractivity contribution in [2.45, 2.75) is 38.1 Å². The molecule has 1 aliphatic carbocycles. The van der Waals surface area contributed by atoms with Crippen molar-refractivity contribution < 1.29 is 4.79 Å². The number of anilines is 1. The van der Waals surface area contributed by atoms with Crippen molar-refractivity contribution in [1.82, 2.24) is 4.90 Å². The number of nitrogens with zero attached hydrogens (tertiary/aromatic N) is 2. The van der Waals surface area contributed by atoms with Crippen molar-refractivity contribution in [3.05, 3.63) is 30.3 Å². The lowest BCUT2D eigenvalue weighted by Gasteiger charge is -2.37. The maximum atomic E-state index is 12.5. The second kappa shape index (κ2) is 7.14. The molecule has 2 fully saturated rings. The van der Waals surface area contributed by atoms with E-state index in [4.69, 9.17) is 5.73 Å². The van der Waals surface area contributed by atoms with Gasteiger partial charge in [-0.1, -0.05) is 31.0 Å². The Morgan fingerprint density at radius 1 is 1.05 bits per heavy atom. The molecule has 1 aromatic carbocycles. The van der Waals surface area contributed by atoms with Gasteiger partial charge in [0.05, 0.1) is 0 Å². The molecule has 0 radical (unpaired) electrons. The number of nitrogens with two attached hydrogens (primary N) is 1. The molecule has 1 heterocycles. The zero-order chi connectivity index (χ0) is 15.4. The summed E-state index contributed by atoms with van der Waals surface area (Å²) in [5.41, 5.74) is 7.43. The highest BCUT2D eigenvalue weighted by Crippen LogP contribution is 2.26. The van der Waals surface area contributed by atoms with Crippen LogP contribution in [0.2, 0.25) is 0 Å². The molecule has 4 nitrogen and oxygen atoms in total. The van der Waals surface area contributed by atoms with Crippen molar-refractivity contribution in [2.24, 2.45) is 11.7 Å². The van der Waals surface area contributed by atoms with Crippen LogP contribution in [0.5, 0.6) is 0 Å². The SMILES string of the molecule is NC1CCCCC1CC(=O)N1CCN(c2ccccc2)CC1. The number of carbonyl (C=O) groups excluding carboxylic acids is 1. The number of hydrogen-bond donors (Lipinski definition) is 1. The molecule has 1 amide bonds. The Labute approximate surface area is 133 Å². The van der Waals surface area contributed by atoms with Crippen LogP contribution in [-0.2, 0) is 4.79 Å². The number of piperazine rings is 1. The van der Waals surface area contributed by atoms with Gasteiger partial charge in [0.15, 0.2) is 0 Å². The predicted molar refractivity (Wildman–Crippen MR) is 89.8 cm³/mol. The fourth-order valence-corrected chi connectivity index (χ4v) is 3.70. The first kappa shape index (κ1) is 15.3. The molecule has 120 valence electrons. The molecular formula is C18H27N3O. The largest absolute Gasteiger partial charge is 0.368 e. The monoisotopic (exact) mass is 301 g/mol. The van der Waals surface area contributed by atoms with Crippen LogP contribution in [0.15, 0.2) is 30.3 Å². The molecule has 2 N–H and O–H groups in total. The van der Waals surface area contributed by atoms with Crippen molar-refractivity contribution in [2.75, 3.05) is 31.1 Å². The average Bonchev–Trinajstić information content (AvgIpc) is 2.58. The minimum absolute atomic E-state index is 0.225. The van der Waals surface area contributed by atoms with E-state index in [9.17, 15) is 4.79 Å². The van der Waals surface area contributed by atoms with Gasteiger partial charge in [-0.15, -0.1) is 0 Å². The summed E-state index contributed by atoms with van der Waals surface area (Å²) in [4.78, 5) is 16.9. The molecule has 2 aliphatic rings. The van der Waals surface area contributed by atoms with E-state index >= 15 is 0 Å². The van der Waals surface area contributed by atoms with E-state index in [1.165, 1.54) is 18.5 Å². The van der Waals surface area contributed by atoms with Crippen LogP contribution in [0.25, 0.3) is 0 Å². The predicted octanol–water partition coefficient (Wildman–Crippen LogP) is 2.24. The number of para-hydroxylation sites is 1. The first-order valence-electron chi connectivity index (χ1n) is 8.57. The van der Waals surface area contributed by atoms with Gasteiger partial charge >= 0.3 is 0 Å². The number of carbonyl (C=O) groups is 1. The fraction of sp³-hybridized carbons (Fsp3) is 0.611. The summed E-state index contributed by atoms with van der Waals surface area (Å²) in [6.07, 6.45) is 5.30. The van der Waals surface area contributed by atoms with E-state index in [1.807, 2.05) is 11.0 Å². The lowest BCUT2D eigenvalue weighted by atomic mass is 9.82. The molecule has 2 unspecified atom stereocenters. The van der Waals surface area contributed by atoms with Gasteiger partial charge in [0.25, 0.3) is 0 Å². The number of benzene rings is 1. The molecule has 3 rings (SSSR count). The zero-order valence-corrected chi connectivity index (χ0v) is 13.3. The van der Waals surface area contributed by atoms with Crippen LogP contribution in [0.1, 0.15) is 32.1 Å². The summed E-state index contributed by atoms with van der Waals surface area (Å²) in [5, 5.41) is 0. The molecule has 0 bridgehead atoms. The Hall–Kier alpha value is -1.55. The lowest BCUT2D eigenvalue weighted by Crippen LogP contribution is -2.49. The molecule has 0 spiro atoms. The van der Waals surface area contributed by atoms with Gasteiger partial charge in [0.2, 0.25) is 5.91 Å². The van der Waals surface area contributed by atoms with Crippen molar-refractivity contribution >= 4 is 11.6 Å². The Kier molecular flexibility index (Phi) is 4.98. The molecule has 1 saturated heterocycles. The maximum Gasteiger partial charge on any atom is 0.223 e. The Balaban J connectivity index is 1.49. The van der Waals surface area contributed by atoms with Gasteiger partial charge in [0, 0.05) is 44.3 Å². The minimum atomic E-state index is 0.225. The van der Waals surface area contributed by atoms with Crippen molar-refractivity contribution in [1.29, 1.82) is 0 Å². The molecule has 22 heavy (non-hydrogen) atoms. The molecule has 1 aromatic rings. The highest BCUT2D eigenvalue weighted by atomic mass is 16.2. The Morgan fingerprint density at radius 3 is 2.41 bits per heavy atom.